The first kappa shape index (κ1) is 18.1. The molecule has 2 aliphatic rings. The number of hydrogen-bond donors (Lipinski definition) is 0. The molecule has 0 bridgehead atoms. The van der Waals surface area contributed by atoms with Crippen LogP contribution in [0.15, 0.2) is 12.1 Å². The van der Waals surface area contributed by atoms with Gasteiger partial charge in [-0.15, -0.1) is 0 Å². The highest BCUT2D eigenvalue weighted by Gasteiger charge is 2.33. The van der Waals surface area contributed by atoms with E-state index >= 15 is 0 Å². The number of amides is 1. The Kier molecular flexibility index (Phi) is 5.29. The Bertz CT molecular complexity index is 622. The lowest BCUT2D eigenvalue weighted by molar-refractivity contribution is -0.141. The van der Waals surface area contributed by atoms with Crippen LogP contribution in [0.4, 0.5) is 13.2 Å². The standard InChI is InChI=1S/C17H22F3N3O2/c1-12-14(4-5-15(21-12)17(18,19)20)16(24)23-8-6-22(7-9-23)11-13-3-2-10-25-13/h4-5,13H,2-3,6-11H2,1H3. The van der Waals surface area contributed by atoms with E-state index in [0.717, 1.165) is 45.1 Å². The number of carbonyl (C=O) groups is 1. The maximum absolute atomic E-state index is 12.7. The minimum Gasteiger partial charge on any atom is -0.377 e. The van der Waals surface area contributed by atoms with Crippen LogP contribution < -0.4 is 0 Å². The van der Waals surface area contributed by atoms with E-state index in [1.165, 1.54) is 13.0 Å². The fourth-order valence-corrected chi connectivity index (χ4v) is 3.33. The van der Waals surface area contributed by atoms with Gasteiger partial charge in [0, 0.05) is 39.3 Å². The summed E-state index contributed by atoms with van der Waals surface area (Å²) in [4.78, 5) is 20.1. The molecule has 1 amide bonds. The van der Waals surface area contributed by atoms with Gasteiger partial charge in [0.15, 0.2) is 0 Å². The first-order valence-corrected chi connectivity index (χ1v) is 8.52. The van der Waals surface area contributed by atoms with Crippen molar-refractivity contribution in [1.82, 2.24) is 14.8 Å². The van der Waals surface area contributed by atoms with Crippen LogP contribution in [0.2, 0.25) is 0 Å². The number of piperazine rings is 1. The van der Waals surface area contributed by atoms with Crippen LogP contribution in [0, 0.1) is 6.92 Å². The summed E-state index contributed by atoms with van der Waals surface area (Å²) in [6.07, 6.45) is -2.04. The third-order valence-corrected chi connectivity index (χ3v) is 4.75. The lowest BCUT2D eigenvalue weighted by Gasteiger charge is -2.35. The number of rotatable bonds is 3. The van der Waals surface area contributed by atoms with Crippen molar-refractivity contribution in [3.8, 4) is 0 Å². The molecule has 3 rings (SSSR count). The van der Waals surface area contributed by atoms with E-state index in [2.05, 4.69) is 9.88 Å². The number of carbonyl (C=O) groups excluding carboxylic acids is 1. The lowest BCUT2D eigenvalue weighted by atomic mass is 10.1. The van der Waals surface area contributed by atoms with E-state index in [4.69, 9.17) is 4.74 Å². The van der Waals surface area contributed by atoms with Gasteiger partial charge in [0.05, 0.1) is 17.4 Å². The SMILES string of the molecule is Cc1nc(C(F)(F)F)ccc1C(=O)N1CCN(CC2CCCO2)CC1. The second kappa shape index (κ2) is 7.29. The third kappa shape index (κ3) is 4.30. The highest BCUT2D eigenvalue weighted by molar-refractivity contribution is 5.95. The molecule has 8 heteroatoms. The molecule has 0 N–H and O–H groups in total. The Morgan fingerprint density at radius 1 is 1.28 bits per heavy atom. The molecule has 1 aromatic heterocycles. The third-order valence-electron chi connectivity index (χ3n) is 4.75. The first-order valence-electron chi connectivity index (χ1n) is 8.52. The van der Waals surface area contributed by atoms with Crippen molar-refractivity contribution >= 4 is 5.91 Å². The Hall–Kier alpha value is -1.67. The van der Waals surface area contributed by atoms with E-state index in [1.807, 2.05) is 0 Å². The van der Waals surface area contributed by atoms with Gasteiger partial charge in [0.1, 0.15) is 5.69 Å². The number of nitrogens with zero attached hydrogens (tertiary/aromatic N) is 3. The molecule has 0 radical (unpaired) electrons. The fourth-order valence-electron chi connectivity index (χ4n) is 3.33. The molecule has 25 heavy (non-hydrogen) atoms. The molecule has 138 valence electrons. The monoisotopic (exact) mass is 357 g/mol. The number of pyridine rings is 1. The topological polar surface area (TPSA) is 45.7 Å². The minimum atomic E-state index is -4.50. The van der Waals surface area contributed by atoms with Crippen molar-refractivity contribution < 1.29 is 22.7 Å². The van der Waals surface area contributed by atoms with Crippen LogP contribution in [0.1, 0.15) is 34.6 Å². The Balaban J connectivity index is 1.59. The number of ether oxygens (including phenoxy) is 1. The van der Waals surface area contributed by atoms with Crippen molar-refractivity contribution in [2.24, 2.45) is 0 Å². The Morgan fingerprint density at radius 2 is 2.00 bits per heavy atom. The second-order valence-electron chi connectivity index (χ2n) is 6.56. The summed E-state index contributed by atoms with van der Waals surface area (Å²) < 4.78 is 43.7. The summed E-state index contributed by atoms with van der Waals surface area (Å²) in [5.41, 5.74) is -0.620. The largest absolute Gasteiger partial charge is 0.433 e. The quantitative estimate of drug-likeness (QED) is 0.833. The molecule has 0 spiro atoms. The van der Waals surface area contributed by atoms with Crippen LogP contribution in [0.25, 0.3) is 0 Å². The van der Waals surface area contributed by atoms with E-state index in [9.17, 15) is 18.0 Å². The van der Waals surface area contributed by atoms with Crippen molar-refractivity contribution in [3.63, 3.8) is 0 Å². The van der Waals surface area contributed by atoms with Gasteiger partial charge in [0.25, 0.3) is 5.91 Å². The number of halogens is 3. The van der Waals surface area contributed by atoms with Crippen molar-refractivity contribution in [2.45, 2.75) is 32.0 Å². The normalized spacial score (nSPS) is 22.4. The molecule has 2 saturated heterocycles. The number of aryl methyl sites for hydroxylation is 1. The van der Waals surface area contributed by atoms with Crippen molar-refractivity contribution in [2.75, 3.05) is 39.3 Å². The zero-order valence-corrected chi connectivity index (χ0v) is 14.2. The van der Waals surface area contributed by atoms with E-state index in [1.54, 1.807) is 4.90 Å². The molecular formula is C17H22F3N3O2. The molecule has 0 saturated carbocycles. The van der Waals surface area contributed by atoms with Gasteiger partial charge < -0.3 is 9.64 Å². The molecule has 1 unspecified atom stereocenters. The summed E-state index contributed by atoms with van der Waals surface area (Å²) in [6, 6.07) is 2.10. The van der Waals surface area contributed by atoms with Crippen LogP contribution in [0.5, 0.6) is 0 Å². The number of alkyl halides is 3. The zero-order valence-electron chi connectivity index (χ0n) is 14.2. The van der Waals surface area contributed by atoms with Gasteiger partial charge in [-0.05, 0) is 31.9 Å². The Labute approximate surface area is 144 Å². The van der Waals surface area contributed by atoms with Gasteiger partial charge in [-0.1, -0.05) is 0 Å². The molecule has 1 aromatic rings. The van der Waals surface area contributed by atoms with Crippen LogP contribution in [0.3, 0.4) is 0 Å². The average molecular weight is 357 g/mol. The van der Waals surface area contributed by atoms with E-state index < -0.39 is 11.9 Å². The van der Waals surface area contributed by atoms with Gasteiger partial charge >= 0.3 is 6.18 Å². The molecular weight excluding hydrogens is 335 g/mol. The van der Waals surface area contributed by atoms with E-state index in [-0.39, 0.29) is 23.3 Å². The maximum Gasteiger partial charge on any atom is 0.433 e. The smallest absolute Gasteiger partial charge is 0.377 e. The number of hydrogen-bond acceptors (Lipinski definition) is 4. The van der Waals surface area contributed by atoms with Crippen molar-refractivity contribution in [3.05, 3.63) is 29.1 Å². The molecule has 0 aliphatic carbocycles. The first-order chi connectivity index (χ1) is 11.8. The second-order valence-corrected chi connectivity index (χ2v) is 6.56. The van der Waals surface area contributed by atoms with E-state index in [0.29, 0.717) is 13.1 Å². The summed E-state index contributed by atoms with van der Waals surface area (Å²) >= 11 is 0. The summed E-state index contributed by atoms with van der Waals surface area (Å²) in [7, 11) is 0. The molecule has 2 aliphatic heterocycles. The van der Waals surface area contributed by atoms with Gasteiger partial charge in [-0.25, -0.2) is 4.98 Å². The maximum atomic E-state index is 12.7. The van der Waals surface area contributed by atoms with Crippen LogP contribution in [-0.4, -0.2) is 66.1 Å². The lowest BCUT2D eigenvalue weighted by Crippen LogP contribution is -2.50. The predicted octanol–water partition coefficient (Wildman–Crippen LogP) is 2.35. The summed E-state index contributed by atoms with van der Waals surface area (Å²) in [6.45, 7) is 5.76. The fraction of sp³-hybridized carbons (Fsp3) is 0.647. The summed E-state index contributed by atoms with van der Waals surface area (Å²) in [5.74, 6) is -0.254. The number of aromatic nitrogens is 1. The predicted molar refractivity (Wildman–Crippen MR) is 85.3 cm³/mol. The molecule has 1 atom stereocenters. The molecule has 0 aromatic carbocycles. The molecule has 3 heterocycles. The zero-order chi connectivity index (χ0) is 18.0. The van der Waals surface area contributed by atoms with Gasteiger partial charge in [-0.2, -0.15) is 13.2 Å². The highest BCUT2D eigenvalue weighted by Crippen LogP contribution is 2.28. The Morgan fingerprint density at radius 3 is 2.56 bits per heavy atom. The molecule has 5 nitrogen and oxygen atoms in total. The van der Waals surface area contributed by atoms with Crippen molar-refractivity contribution in [1.29, 1.82) is 0 Å². The summed E-state index contributed by atoms with van der Waals surface area (Å²) in [5, 5.41) is 0. The van der Waals surface area contributed by atoms with Crippen LogP contribution in [-0.2, 0) is 10.9 Å². The molecule has 2 fully saturated rings. The van der Waals surface area contributed by atoms with Gasteiger partial charge in [-0.3, -0.25) is 9.69 Å². The van der Waals surface area contributed by atoms with Crippen LogP contribution >= 0.6 is 0 Å². The minimum absolute atomic E-state index is 0.113. The highest BCUT2D eigenvalue weighted by atomic mass is 19.4. The van der Waals surface area contributed by atoms with Gasteiger partial charge in [0.2, 0.25) is 0 Å². The average Bonchev–Trinajstić information content (AvgIpc) is 3.07.